The van der Waals surface area contributed by atoms with Crippen LogP contribution in [0.2, 0.25) is 0 Å². The molecule has 2 unspecified atom stereocenters. The number of aryl methyl sites for hydroxylation is 1. The predicted molar refractivity (Wildman–Crippen MR) is 119 cm³/mol. The van der Waals surface area contributed by atoms with E-state index in [-0.39, 0.29) is 6.04 Å². The van der Waals surface area contributed by atoms with E-state index in [1.165, 1.54) is 39.6 Å². The van der Waals surface area contributed by atoms with Gasteiger partial charge in [0.1, 0.15) is 0 Å². The van der Waals surface area contributed by atoms with Gasteiger partial charge < -0.3 is 15.4 Å². The van der Waals surface area contributed by atoms with Crippen LogP contribution in [-0.2, 0) is 16.0 Å². The van der Waals surface area contributed by atoms with E-state index in [9.17, 15) is 4.79 Å². The Balaban J connectivity index is 0.000000353. The van der Waals surface area contributed by atoms with Gasteiger partial charge in [0.05, 0.1) is 6.10 Å². The number of hydrogen-bond acceptors (Lipinski definition) is 5. The lowest BCUT2D eigenvalue weighted by Gasteiger charge is -2.10. The van der Waals surface area contributed by atoms with E-state index >= 15 is 0 Å². The van der Waals surface area contributed by atoms with Crippen LogP contribution < -0.4 is 10.6 Å². The van der Waals surface area contributed by atoms with Crippen molar-refractivity contribution in [1.29, 1.82) is 0 Å². The van der Waals surface area contributed by atoms with Crippen LogP contribution in [0.5, 0.6) is 0 Å². The number of aromatic amines is 1. The number of carbonyl (C=O) groups excluding carboxylic acids is 1. The van der Waals surface area contributed by atoms with Crippen LogP contribution in [-0.4, -0.2) is 41.6 Å². The van der Waals surface area contributed by atoms with Crippen LogP contribution in [0.25, 0.3) is 0 Å². The topological polar surface area (TPSA) is 79.0 Å². The molecule has 7 heteroatoms. The van der Waals surface area contributed by atoms with Gasteiger partial charge in [-0.1, -0.05) is 6.07 Å². The third kappa shape index (κ3) is 5.54. The van der Waals surface area contributed by atoms with Crippen molar-refractivity contribution in [3.05, 3.63) is 35.0 Å². The standard InChI is InChI=1S/C18H23N3OS.C4H9NO/c1-11-3-6-15(14-7-8-23-18(11)14)19-17-10-16(20-21-17)12-4-5-13(9-12)22-2;1-4(2)5-3-6/h3,6,10,12-13H,4-5,7-9H2,1-2H3,(H2,19,20,21);3-4H,1-2H3,(H,5,6). The van der Waals surface area contributed by atoms with E-state index in [2.05, 4.69) is 46.0 Å². The molecular weight excluding hydrogens is 384 g/mol. The molecule has 3 N–H and O–H groups in total. The number of rotatable bonds is 6. The number of benzene rings is 1. The number of nitrogens with zero attached hydrogens (tertiary/aromatic N) is 1. The molecule has 1 aliphatic heterocycles. The first kappa shape index (κ1) is 21.7. The summed E-state index contributed by atoms with van der Waals surface area (Å²) in [6.07, 6.45) is 5.65. The van der Waals surface area contributed by atoms with Gasteiger partial charge in [-0.2, -0.15) is 5.10 Å². The highest BCUT2D eigenvalue weighted by Crippen LogP contribution is 2.40. The third-order valence-electron chi connectivity index (χ3n) is 5.48. The van der Waals surface area contributed by atoms with Crippen LogP contribution >= 0.6 is 11.8 Å². The van der Waals surface area contributed by atoms with Gasteiger partial charge in [-0.3, -0.25) is 9.89 Å². The summed E-state index contributed by atoms with van der Waals surface area (Å²) in [6.45, 7) is 6.02. The molecule has 29 heavy (non-hydrogen) atoms. The van der Waals surface area contributed by atoms with Crippen molar-refractivity contribution >= 4 is 29.7 Å². The fourth-order valence-corrected chi connectivity index (χ4v) is 5.08. The minimum atomic E-state index is 0.280. The Morgan fingerprint density at radius 1 is 1.34 bits per heavy atom. The van der Waals surface area contributed by atoms with Crippen molar-refractivity contribution < 1.29 is 9.53 Å². The summed E-state index contributed by atoms with van der Waals surface area (Å²) in [5.41, 5.74) is 5.26. The molecule has 2 aromatic rings. The third-order valence-corrected chi connectivity index (χ3v) is 6.74. The molecule has 158 valence electrons. The van der Waals surface area contributed by atoms with E-state index in [0.29, 0.717) is 18.4 Å². The van der Waals surface area contributed by atoms with Crippen molar-refractivity contribution in [1.82, 2.24) is 15.5 Å². The average molecular weight is 417 g/mol. The van der Waals surface area contributed by atoms with Crippen LogP contribution in [0.3, 0.4) is 0 Å². The number of thioether (sulfide) groups is 1. The second-order valence-electron chi connectivity index (χ2n) is 7.98. The number of anilines is 2. The summed E-state index contributed by atoms with van der Waals surface area (Å²) in [4.78, 5) is 11.0. The maximum Gasteiger partial charge on any atom is 0.207 e. The molecule has 6 nitrogen and oxygen atoms in total. The number of H-pyrrole nitrogens is 1. The van der Waals surface area contributed by atoms with Gasteiger partial charge in [-0.05, 0) is 63.6 Å². The Bertz CT molecular complexity index is 821. The first-order valence-corrected chi connectivity index (χ1v) is 11.3. The van der Waals surface area contributed by atoms with Crippen LogP contribution in [0.15, 0.2) is 23.1 Å². The minimum Gasteiger partial charge on any atom is -0.381 e. The van der Waals surface area contributed by atoms with Gasteiger partial charge in [0.25, 0.3) is 0 Å². The number of ether oxygens (including phenoxy) is 1. The summed E-state index contributed by atoms with van der Waals surface area (Å²) in [5.74, 6) is 2.65. The van der Waals surface area contributed by atoms with E-state index < -0.39 is 0 Å². The fraction of sp³-hybridized carbons (Fsp3) is 0.545. The van der Waals surface area contributed by atoms with Gasteiger partial charge in [-0.25, -0.2) is 0 Å². The zero-order valence-corrected chi connectivity index (χ0v) is 18.6. The second-order valence-corrected chi connectivity index (χ2v) is 9.08. The van der Waals surface area contributed by atoms with Gasteiger partial charge in [0.15, 0.2) is 5.82 Å². The highest BCUT2D eigenvalue weighted by molar-refractivity contribution is 7.99. The van der Waals surface area contributed by atoms with Crippen molar-refractivity contribution in [3.8, 4) is 0 Å². The van der Waals surface area contributed by atoms with Gasteiger partial charge in [0, 0.05) is 47.2 Å². The summed E-state index contributed by atoms with van der Waals surface area (Å²) in [6, 6.07) is 6.83. The molecular formula is C22H32N4O2S. The van der Waals surface area contributed by atoms with E-state index in [1.807, 2.05) is 32.7 Å². The molecule has 1 aliphatic carbocycles. The molecule has 1 aromatic heterocycles. The predicted octanol–water partition coefficient (Wildman–Crippen LogP) is 4.53. The largest absolute Gasteiger partial charge is 0.381 e. The molecule has 2 heterocycles. The average Bonchev–Trinajstić information content (AvgIpc) is 3.44. The molecule has 1 saturated carbocycles. The number of fused-ring (bicyclic) bond motifs is 1. The van der Waals surface area contributed by atoms with Crippen molar-refractivity contribution in [3.63, 3.8) is 0 Å². The first-order chi connectivity index (χ1) is 14.0. The molecule has 2 atom stereocenters. The van der Waals surface area contributed by atoms with Gasteiger partial charge >= 0.3 is 0 Å². The SMILES string of the molecule is CC(C)NC=O.COC1CCC(c2cc(Nc3ccc(C)c4c3CCS4)n[nH]2)C1. The van der Waals surface area contributed by atoms with E-state index in [4.69, 9.17) is 4.74 Å². The van der Waals surface area contributed by atoms with Crippen molar-refractivity contribution in [2.75, 3.05) is 18.2 Å². The lowest BCUT2D eigenvalue weighted by atomic mass is 10.0. The number of hydrogen-bond donors (Lipinski definition) is 3. The Morgan fingerprint density at radius 2 is 2.17 bits per heavy atom. The molecule has 4 rings (SSSR count). The number of nitrogens with one attached hydrogen (secondary N) is 3. The fourth-order valence-electron chi connectivity index (χ4n) is 3.89. The van der Waals surface area contributed by atoms with E-state index in [0.717, 1.165) is 25.1 Å². The maximum absolute atomic E-state index is 9.50. The molecule has 0 bridgehead atoms. The Morgan fingerprint density at radius 3 is 2.83 bits per heavy atom. The van der Waals surface area contributed by atoms with Crippen LogP contribution in [0.4, 0.5) is 11.5 Å². The van der Waals surface area contributed by atoms with E-state index in [1.54, 1.807) is 0 Å². The Hall–Kier alpha value is -1.99. The highest BCUT2D eigenvalue weighted by Gasteiger charge is 2.27. The zero-order chi connectivity index (χ0) is 20.8. The van der Waals surface area contributed by atoms with Crippen LogP contribution in [0, 0.1) is 6.92 Å². The molecule has 0 spiro atoms. The van der Waals surface area contributed by atoms with Crippen LogP contribution in [0.1, 0.15) is 55.8 Å². The molecule has 1 fully saturated rings. The minimum absolute atomic E-state index is 0.280. The maximum atomic E-state index is 9.50. The van der Waals surface area contributed by atoms with Crippen molar-refractivity contribution in [2.24, 2.45) is 0 Å². The molecule has 1 amide bonds. The van der Waals surface area contributed by atoms with Gasteiger partial charge in [0.2, 0.25) is 6.41 Å². The summed E-state index contributed by atoms with van der Waals surface area (Å²) >= 11 is 1.97. The lowest BCUT2D eigenvalue weighted by Crippen LogP contribution is -2.19. The van der Waals surface area contributed by atoms with Crippen molar-refractivity contribution in [2.45, 2.75) is 69.4 Å². The second kappa shape index (κ2) is 10.2. The molecule has 0 saturated heterocycles. The number of carbonyl (C=O) groups is 1. The normalized spacial score (nSPS) is 20.2. The zero-order valence-electron chi connectivity index (χ0n) is 17.7. The molecule has 0 radical (unpaired) electrons. The number of aromatic nitrogens is 2. The summed E-state index contributed by atoms with van der Waals surface area (Å²) in [5, 5.41) is 13.7. The summed E-state index contributed by atoms with van der Waals surface area (Å²) < 4.78 is 5.47. The van der Waals surface area contributed by atoms with Gasteiger partial charge in [-0.15, -0.1) is 11.8 Å². The Labute approximate surface area is 177 Å². The molecule has 2 aliphatic rings. The summed E-state index contributed by atoms with van der Waals surface area (Å²) in [7, 11) is 1.81. The quantitative estimate of drug-likeness (QED) is 0.603. The first-order valence-electron chi connectivity index (χ1n) is 10.3. The number of amides is 1. The smallest absolute Gasteiger partial charge is 0.207 e. The lowest BCUT2D eigenvalue weighted by molar-refractivity contribution is -0.109. The highest BCUT2D eigenvalue weighted by atomic mass is 32.2. The number of methoxy groups -OCH3 is 1. The Kier molecular flexibility index (Phi) is 7.61. The molecule has 1 aromatic carbocycles. The monoisotopic (exact) mass is 416 g/mol.